The van der Waals surface area contributed by atoms with Gasteiger partial charge in [0.05, 0.1) is 6.04 Å². The van der Waals surface area contributed by atoms with E-state index in [0.29, 0.717) is 11.3 Å². The first-order chi connectivity index (χ1) is 14.2. The first-order valence-corrected chi connectivity index (χ1v) is 9.23. The number of carbonyl (C=O) groups excluding carboxylic acids is 2. The molecular formula is C23H19N3O3. The summed E-state index contributed by atoms with van der Waals surface area (Å²) in [5, 5.41) is 5.64. The Hall–Kier alpha value is -3.93. The average Bonchev–Trinajstić information content (AvgIpc) is 3.15. The molecule has 1 aliphatic heterocycles. The summed E-state index contributed by atoms with van der Waals surface area (Å²) in [6.07, 6.45) is 0. The summed E-state index contributed by atoms with van der Waals surface area (Å²) < 4.78 is 5.40. The highest BCUT2D eigenvalue weighted by Gasteiger charge is 2.38. The number of ether oxygens (including phenoxy) is 1. The number of hydrogen-bond acceptors (Lipinski definition) is 4. The minimum absolute atomic E-state index is 0.256. The number of anilines is 1. The van der Waals surface area contributed by atoms with Gasteiger partial charge in [0, 0.05) is 11.3 Å². The topological polar surface area (TPSA) is 79.8 Å². The Bertz CT molecular complexity index is 1020. The first kappa shape index (κ1) is 18.4. The van der Waals surface area contributed by atoms with Gasteiger partial charge in [0.1, 0.15) is 0 Å². The summed E-state index contributed by atoms with van der Waals surface area (Å²) in [4.78, 5) is 29.7. The molecule has 2 amide bonds. The SMILES string of the molecule is O=C(Nc1ccccc1)N[C@H](c1ccccc1)[C@H]1N=C(c2ccccc2)OC1=O. The number of carbonyl (C=O) groups is 2. The van der Waals surface area contributed by atoms with E-state index in [1.807, 2.05) is 78.9 Å². The predicted octanol–water partition coefficient (Wildman–Crippen LogP) is 3.92. The largest absolute Gasteiger partial charge is 0.405 e. The number of hydrogen-bond donors (Lipinski definition) is 2. The minimum Gasteiger partial charge on any atom is -0.405 e. The van der Waals surface area contributed by atoms with Gasteiger partial charge in [-0.1, -0.05) is 66.7 Å². The number of cyclic esters (lactones) is 1. The quantitative estimate of drug-likeness (QED) is 0.653. The zero-order chi connectivity index (χ0) is 20.1. The van der Waals surface area contributed by atoms with Crippen LogP contribution < -0.4 is 10.6 Å². The lowest BCUT2D eigenvalue weighted by Crippen LogP contribution is -2.40. The van der Waals surface area contributed by atoms with Crippen LogP contribution in [0.4, 0.5) is 10.5 Å². The second-order valence-corrected chi connectivity index (χ2v) is 6.52. The van der Waals surface area contributed by atoms with E-state index in [-0.39, 0.29) is 5.90 Å². The Morgan fingerprint density at radius 3 is 2.10 bits per heavy atom. The standard InChI is InChI=1S/C23H19N3O3/c27-22-20(25-21(29-22)17-12-6-2-7-13-17)19(16-10-4-1-5-11-16)26-23(28)24-18-14-8-3-9-15-18/h1-15,19-20H,(H2,24,26,28)/t19-,20-/m1/s1. The van der Waals surface area contributed by atoms with E-state index in [1.165, 1.54) is 0 Å². The number of nitrogens with zero attached hydrogens (tertiary/aromatic N) is 1. The zero-order valence-electron chi connectivity index (χ0n) is 15.5. The number of nitrogens with one attached hydrogen (secondary N) is 2. The number of benzene rings is 3. The molecule has 1 heterocycles. The van der Waals surface area contributed by atoms with Crippen molar-refractivity contribution in [2.45, 2.75) is 12.1 Å². The van der Waals surface area contributed by atoms with Crippen LogP contribution in [0, 0.1) is 0 Å². The Morgan fingerprint density at radius 1 is 0.862 bits per heavy atom. The summed E-state index contributed by atoms with van der Waals surface area (Å²) in [6, 6.07) is 25.6. The maximum atomic E-state index is 12.6. The third-order valence-corrected chi connectivity index (χ3v) is 4.51. The molecule has 0 fully saturated rings. The molecule has 0 bridgehead atoms. The normalized spacial score (nSPS) is 16.5. The van der Waals surface area contributed by atoms with Crippen LogP contribution in [-0.2, 0) is 9.53 Å². The molecule has 29 heavy (non-hydrogen) atoms. The molecule has 3 aromatic carbocycles. The number of amides is 2. The molecule has 6 heteroatoms. The van der Waals surface area contributed by atoms with Crippen molar-refractivity contribution in [1.29, 1.82) is 0 Å². The van der Waals surface area contributed by atoms with Gasteiger partial charge in [0.25, 0.3) is 0 Å². The van der Waals surface area contributed by atoms with Crippen molar-refractivity contribution in [3.63, 3.8) is 0 Å². The molecule has 0 saturated carbocycles. The van der Waals surface area contributed by atoms with E-state index in [2.05, 4.69) is 15.6 Å². The van der Waals surface area contributed by atoms with Crippen molar-refractivity contribution >= 4 is 23.6 Å². The van der Waals surface area contributed by atoms with E-state index in [4.69, 9.17) is 4.74 Å². The number of esters is 1. The van der Waals surface area contributed by atoms with Crippen LogP contribution in [0.1, 0.15) is 17.2 Å². The molecule has 2 atom stereocenters. The van der Waals surface area contributed by atoms with Gasteiger partial charge in [-0.3, -0.25) is 0 Å². The van der Waals surface area contributed by atoms with Gasteiger partial charge in [0.15, 0.2) is 6.04 Å². The second-order valence-electron chi connectivity index (χ2n) is 6.52. The third kappa shape index (κ3) is 4.32. The number of para-hydroxylation sites is 1. The van der Waals surface area contributed by atoms with Gasteiger partial charge < -0.3 is 15.4 Å². The fraction of sp³-hybridized carbons (Fsp3) is 0.0870. The van der Waals surface area contributed by atoms with E-state index < -0.39 is 24.1 Å². The molecule has 3 aromatic rings. The van der Waals surface area contributed by atoms with Crippen LogP contribution in [0.15, 0.2) is 96.0 Å². The van der Waals surface area contributed by atoms with E-state index in [0.717, 1.165) is 5.56 Å². The maximum Gasteiger partial charge on any atom is 0.340 e. The Morgan fingerprint density at radius 2 is 1.45 bits per heavy atom. The molecule has 6 nitrogen and oxygen atoms in total. The molecule has 144 valence electrons. The Balaban J connectivity index is 1.60. The molecule has 4 rings (SSSR count). The summed E-state index contributed by atoms with van der Waals surface area (Å²) in [5.41, 5.74) is 2.12. The number of aliphatic imine (C=N–C) groups is 1. The maximum absolute atomic E-state index is 12.6. The van der Waals surface area contributed by atoms with Gasteiger partial charge >= 0.3 is 12.0 Å². The first-order valence-electron chi connectivity index (χ1n) is 9.23. The van der Waals surface area contributed by atoms with Gasteiger partial charge in [-0.25, -0.2) is 14.6 Å². The predicted molar refractivity (Wildman–Crippen MR) is 111 cm³/mol. The van der Waals surface area contributed by atoms with Crippen molar-refractivity contribution < 1.29 is 14.3 Å². The number of urea groups is 1. The van der Waals surface area contributed by atoms with Gasteiger partial charge in [-0.2, -0.15) is 0 Å². The Kier molecular flexibility index (Phi) is 5.33. The van der Waals surface area contributed by atoms with Crippen molar-refractivity contribution in [3.8, 4) is 0 Å². The van der Waals surface area contributed by atoms with Crippen molar-refractivity contribution in [3.05, 3.63) is 102 Å². The monoisotopic (exact) mass is 385 g/mol. The van der Waals surface area contributed by atoms with Crippen molar-refractivity contribution in [2.75, 3.05) is 5.32 Å². The molecule has 0 radical (unpaired) electrons. The molecule has 0 unspecified atom stereocenters. The highest BCUT2D eigenvalue weighted by Crippen LogP contribution is 2.26. The van der Waals surface area contributed by atoms with Crippen molar-refractivity contribution in [2.24, 2.45) is 4.99 Å². The van der Waals surface area contributed by atoms with Gasteiger partial charge in [-0.05, 0) is 29.8 Å². The second kappa shape index (κ2) is 8.39. The van der Waals surface area contributed by atoms with E-state index in [1.54, 1.807) is 12.1 Å². The fourth-order valence-electron chi connectivity index (χ4n) is 3.12. The number of rotatable bonds is 5. The van der Waals surface area contributed by atoms with E-state index in [9.17, 15) is 9.59 Å². The third-order valence-electron chi connectivity index (χ3n) is 4.51. The average molecular weight is 385 g/mol. The highest BCUT2D eigenvalue weighted by atomic mass is 16.6. The molecular weight excluding hydrogens is 366 g/mol. The van der Waals surface area contributed by atoms with Gasteiger partial charge in [-0.15, -0.1) is 0 Å². The zero-order valence-corrected chi connectivity index (χ0v) is 15.5. The summed E-state index contributed by atoms with van der Waals surface area (Å²) >= 11 is 0. The molecule has 2 N–H and O–H groups in total. The van der Waals surface area contributed by atoms with Crippen LogP contribution in [0.5, 0.6) is 0 Å². The van der Waals surface area contributed by atoms with Crippen LogP contribution >= 0.6 is 0 Å². The molecule has 0 aliphatic carbocycles. The summed E-state index contributed by atoms with van der Waals surface area (Å²) in [7, 11) is 0. The highest BCUT2D eigenvalue weighted by molar-refractivity contribution is 6.06. The molecule has 1 aliphatic rings. The molecule has 0 aromatic heterocycles. The van der Waals surface area contributed by atoms with Crippen LogP contribution in [0.25, 0.3) is 0 Å². The lowest BCUT2D eigenvalue weighted by Gasteiger charge is -2.21. The van der Waals surface area contributed by atoms with Crippen LogP contribution in [0.3, 0.4) is 0 Å². The molecule has 0 spiro atoms. The lowest BCUT2D eigenvalue weighted by molar-refractivity contribution is -0.135. The van der Waals surface area contributed by atoms with Crippen LogP contribution in [0.2, 0.25) is 0 Å². The minimum atomic E-state index is -0.880. The summed E-state index contributed by atoms with van der Waals surface area (Å²) in [5.74, 6) is -0.246. The van der Waals surface area contributed by atoms with E-state index >= 15 is 0 Å². The lowest BCUT2D eigenvalue weighted by atomic mass is 10.00. The molecule has 0 saturated heterocycles. The van der Waals surface area contributed by atoms with Crippen LogP contribution in [-0.4, -0.2) is 23.9 Å². The Labute approximate surface area is 168 Å². The van der Waals surface area contributed by atoms with Crippen molar-refractivity contribution in [1.82, 2.24) is 5.32 Å². The smallest absolute Gasteiger partial charge is 0.340 e. The fourth-order valence-corrected chi connectivity index (χ4v) is 3.12. The summed E-state index contributed by atoms with van der Waals surface area (Å²) in [6.45, 7) is 0. The van der Waals surface area contributed by atoms with Gasteiger partial charge in [0.2, 0.25) is 5.90 Å².